The van der Waals surface area contributed by atoms with Crippen LogP contribution < -0.4 is 4.90 Å². The molecular weight excluding hydrogens is 332 g/mol. The van der Waals surface area contributed by atoms with E-state index in [1.807, 2.05) is 29.2 Å². The van der Waals surface area contributed by atoms with Crippen molar-refractivity contribution in [2.45, 2.75) is 13.3 Å². The number of carbonyl (C=O) groups is 2. The fourth-order valence-electron chi connectivity index (χ4n) is 3.03. The molecule has 2 heterocycles. The first-order valence-corrected chi connectivity index (χ1v) is 8.74. The molecule has 1 amide bonds. The number of anilines is 1. The maximum atomic E-state index is 12.4. The smallest absolute Gasteiger partial charge is 0.360 e. The van der Waals surface area contributed by atoms with Crippen molar-refractivity contribution in [3.63, 3.8) is 0 Å². The SMILES string of the molecule is C=CC(=O)N1CCCN(c2nc3ccccc3nc2C(=O)OCC)CC1. The third kappa shape index (κ3) is 3.66. The van der Waals surface area contributed by atoms with Crippen LogP contribution in [0.4, 0.5) is 5.82 Å². The van der Waals surface area contributed by atoms with Gasteiger partial charge in [0.25, 0.3) is 0 Å². The first-order valence-electron chi connectivity index (χ1n) is 8.74. The van der Waals surface area contributed by atoms with Crippen molar-refractivity contribution >= 4 is 28.7 Å². The quantitative estimate of drug-likeness (QED) is 0.618. The van der Waals surface area contributed by atoms with Crippen LogP contribution in [0, 0.1) is 0 Å². The summed E-state index contributed by atoms with van der Waals surface area (Å²) in [5.74, 6) is -0.0545. The van der Waals surface area contributed by atoms with Gasteiger partial charge in [0.1, 0.15) is 0 Å². The highest BCUT2D eigenvalue weighted by Gasteiger charge is 2.25. The van der Waals surface area contributed by atoms with Gasteiger partial charge in [-0.05, 0) is 31.6 Å². The number of carbonyl (C=O) groups excluding carboxylic acids is 2. The molecule has 1 aliphatic heterocycles. The summed E-state index contributed by atoms with van der Waals surface area (Å²) in [5.41, 5.74) is 1.59. The highest BCUT2D eigenvalue weighted by atomic mass is 16.5. The average Bonchev–Trinajstić information content (AvgIpc) is 2.92. The van der Waals surface area contributed by atoms with Crippen LogP contribution in [0.2, 0.25) is 0 Å². The molecule has 1 fully saturated rings. The predicted octanol–water partition coefficient (Wildman–Crippen LogP) is 2.03. The largest absolute Gasteiger partial charge is 0.461 e. The van der Waals surface area contributed by atoms with E-state index in [0.29, 0.717) is 37.5 Å². The van der Waals surface area contributed by atoms with Gasteiger partial charge in [0.15, 0.2) is 11.5 Å². The Morgan fingerprint density at radius 2 is 1.88 bits per heavy atom. The Balaban J connectivity index is 1.96. The van der Waals surface area contributed by atoms with Crippen molar-refractivity contribution in [2.24, 2.45) is 0 Å². The lowest BCUT2D eigenvalue weighted by Gasteiger charge is -2.24. The zero-order chi connectivity index (χ0) is 18.5. The van der Waals surface area contributed by atoms with Gasteiger partial charge in [-0.15, -0.1) is 0 Å². The van der Waals surface area contributed by atoms with Crippen LogP contribution >= 0.6 is 0 Å². The molecule has 1 aromatic carbocycles. The van der Waals surface area contributed by atoms with Crippen LogP contribution in [0.1, 0.15) is 23.8 Å². The Labute approximate surface area is 152 Å². The second-order valence-electron chi connectivity index (χ2n) is 5.98. The number of hydrogen-bond acceptors (Lipinski definition) is 6. The zero-order valence-electron chi connectivity index (χ0n) is 14.9. The average molecular weight is 354 g/mol. The Hall–Kier alpha value is -2.96. The molecule has 7 heteroatoms. The molecule has 0 aliphatic carbocycles. The Kier molecular flexibility index (Phi) is 5.46. The minimum Gasteiger partial charge on any atom is -0.461 e. The van der Waals surface area contributed by atoms with Crippen molar-refractivity contribution in [2.75, 3.05) is 37.7 Å². The summed E-state index contributed by atoms with van der Waals surface area (Å²) < 4.78 is 5.17. The third-order valence-electron chi connectivity index (χ3n) is 4.30. The summed E-state index contributed by atoms with van der Waals surface area (Å²) in [4.78, 5) is 37.2. The topological polar surface area (TPSA) is 75.6 Å². The third-order valence-corrected chi connectivity index (χ3v) is 4.30. The first-order chi connectivity index (χ1) is 12.6. The van der Waals surface area contributed by atoms with E-state index < -0.39 is 5.97 Å². The van der Waals surface area contributed by atoms with Gasteiger partial charge < -0.3 is 14.5 Å². The van der Waals surface area contributed by atoms with Crippen molar-refractivity contribution in [3.8, 4) is 0 Å². The predicted molar refractivity (Wildman–Crippen MR) is 99.1 cm³/mol. The molecule has 3 rings (SSSR count). The van der Waals surface area contributed by atoms with Gasteiger partial charge >= 0.3 is 5.97 Å². The number of aromatic nitrogens is 2. The lowest BCUT2D eigenvalue weighted by Crippen LogP contribution is -2.35. The Morgan fingerprint density at radius 1 is 1.15 bits per heavy atom. The number of nitrogens with zero attached hydrogens (tertiary/aromatic N) is 4. The first kappa shape index (κ1) is 17.8. The summed E-state index contributed by atoms with van der Waals surface area (Å²) in [7, 11) is 0. The van der Waals surface area contributed by atoms with Gasteiger partial charge in [0.05, 0.1) is 17.6 Å². The monoisotopic (exact) mass is 354 g/mol. The summed E-state index contributed by atoms with van der Waals surface area (Å²) in [6, 6.07) is 7.43. The number of para-hydroxylation sites is 2. The number of amides is 1. The number of benzene rings is 1. The van der Waals surface area contributed by atoms with Crippen LogP contribution in [-0.4, -0.2) is 59.5 Å². The number of fused-ring (bicyclic) bond motifs is 1. The molecule has 0 unspecified atom stereocenters. The molecule has 1 saturated heterocycles. The van der Waals surface area contributed by atoms with Crippen molar-refractivity contribution < 1.29 is 14.3 Å². The van der Waals surface area contributed by atoms with E-state index in [-0.39, 0.29) is 18.2 Å². The van der Waals surface area contributed by atoms with Crippen LogP contribution in [0.3, 0.4) is 0 Å². The van der Waals surface area contributed by atoms with E-state index in [4.69, 9.17) is 4.74 Å². The minimum absolute atomic E-state index is 0.0814. The molecule has 0 atom stereocenters. The van der Waals surface area contributed by atoms with Gasteiger partial charge in [-0.2, -0.15) is 0 Å². The zero-order valence-corrected chi connectivity index (χ0v) is 14.9. The number of ether oxygens (including phenoxy) is 1. The lowest BCUT2D eigenvalue weighted by atomic mass is 10.2. The minimum atomic E-state index is -0.482. The fraction of sp³-hybridized carbons (Fsp3) is 0.368. The number of esters is 1. The van der Waals surface area contributed by atoms with Gasteiger partial charge in [-0.3, -0.25) is 4.79 Å². The maximum Gasteiger partial charge on any atom is 0.360 e. The maximum absolute atomic E-state index is 12.4. The van der Waals surface area contributed by atoms with Gasteiger partial charge in [-0.1, -0.05) is 18.7 Å². The number of rotatable bonds is 4. The van der Waals surface area contributed by atoms with E-state index in [1.165, 1.54) is 6.08 Å². The van der Waals surface area contributed by atoms with Crippen LogP contribution in [0.15, 0.2) is 36.9 Å². The van der Waals surface area contributed by atoms with E-state index in [0.717, 1.165) is 11.9 Å². The summed E-state index contributed by atoms with van der Waals surface area (Å²) >= 11 is 0. The highest BCUT2D eigenvalue weighted by Crippen LogP contribution is 2.23. The second kappa shape index (κ2) is 7.95. The second-order valence-corrected chi connectivity index (χ2v) is 5.98. The summed E-state index contributed by atoms with van der Waals surface area (Å²) in [5, 5.41) is 0. The standard InChI is InChI=1S/C19H22N4O3/c1-3-16(24)22-10-7-11-23(13-12-22)18-17(19(25)26-4-2)20-14-8-5-6-9-15(14)21-18/h3,5-6,8-9H,1,4,7,10-13H2,2H3. The van der Waals surface area contributed by atoms with Gasteiger partial charge in [0.2, 0.25) is 5.91 Å². The van der Waals surface area contributed by atoms with Crippen LogP contribution in [0.5, 0.6) is 0 Å². The van der Waals surface area contributed by atoms with Crippen LogP contribution in [0.25, 0.3) is 11.0 Å². The number of hydrogen-bond donors (Lipinski definition) is 0. The Morgan fingerprint density at radius 3 is 2.58 bits per heavy atom. The van der Waals surface area contributed by atoms with Gasteiger partial charge in [0, 0.05) is 26.2 Å². The molecule has 0 radical (unpaired) electrons. The van der Waals surface area contributed by atoms with Crippen molar-refractivity contribution in [1.82, 2.24) is 14.9 Å². The molecule has 136 valence electrons. The molecule has 26 heavy (non-hydrogen) atoms. The van der Waals surface area contributed by atoms with Gasteiger partial charge in [-0.25, -0.2) is 14.8 Å². The lowest BCUT2D eigenvalue weighted by molar-refractivity contribution is -0.125. The molecule has 1 aliphatic rings. The molecule has 0 saturated carbocycles. The fourth-order valence-corrected chi connectivity index (χ4v) is 3.03. The van der Waals surface area contributed by atoms with E-state index in [9.17, 15) is 9.59 Å². The molecule has 0 bridgehead atoms. The molecule has 2 aromatic rings. The van der Waals surface area contributed by atoms with E-state index in [2.05, 4.69) is 16.5 Å². The van der Waals surface area contributed by atoms with Crippen molar-refractivity contribution in [1.29, 1.82) is 0 Å². The molecule has 7 nitrogen and oxygen atoms in total. The summed E-state index contributed by atoms with van der Waals surface area (Å²) in [6.07, 6.45) is 2.10. The normalized spacial score (nSPS) is 14.8. The molecule has 0 spiro atoms. The molecular formula is C19H22N4O3. The van der Waals surface area contributed by atoms with E-state index >= 15 is 0 Å². The van der Waals surface area contributed by atoms with Crippen LogP contribution in [-0.2, 0) is 9.53 Å². The molecule has 0 N–H and O–H groups in total. The Bertz CT molecular complexity index is 837. The molecule has 1 aromatic heterocycles. The highest BCUT2D eigenvalue weighted by molar-refractivity contribution is 5.95. The summed E-state index contributed by atoms with van der Waals surface area (Å²) in [6.45, 7) is 8.02. The van der Waals surface area contributed by atoms with Crippen molar-refractivity contribution in [3.05, 3.63) is 42.6 Å². The van der Waals surface area contributed by atoms with E-state index in [1.54, 1.807) is 11.8 Å².